The van der Waals surface area contributed by atoms with Crippen molar-refractivity contribution in [1.82, 2.24) is 0 Å². The summed E-state index contributed by atoms with van der Waals surface area (Å²) in [7, 11) is 0. The summed E-state index contributed by atoms with van der Waals surface area (Å²) in [5.41, 5.74) is 15.9. The van der Waals surface area contributed by atoms with Gasteiger partial charge in [-0.05, 0) is 120 Å². The van der Waals surface area contributed by atoms with E-state index in [1.807, 2.05) is 0 Å². The Balaban J connectivity index is 1.08. The van der Waals surface area contributed by atoms with Crippen LogP contribution in [0.4, 0.5) is 17.1 Å². The predicted molar refractivity (Wildman–Crippen MR) is 230 cm³/mol. The molecule has 0 heterocycles. The highest BCUT2D eigenvalue weighted by Crippen LogP contribution is 2.52. The van der Waals surface area contributed by atoms with E-state index in [4.69, 9.17) is 0 Å². The first-order valence-electron chi connectivity index (χ1n) is 18.8. The standard InChI is InChI=1S/C53H39N/c1-53(2)50-34-44(43-23-21-37-13-7-9-17-41(37)33-43)26-30-48(50)49-31-29-46(35-51(49)53)54(52-19-11-10-18-47(52)39-14-4-3-5-15-39)45-27-24-38(25-28-45)42-22-20-36-12-6-8-16-40(36)32-42/h3-35H,1-2H3. The van der Waals surface area contributed by atoms with Crippen LogP contribution in [-0.4, -0.2) is 0 Å². The highest BCUT2D eigenvalue weighted by molar-refractivity contribution is 5.93. The van der Waals surface area contributed by atoms with E-state index >= 15 is 0 Å². The molecule has 256 valence electrons. The van der Waals surface area contributed by atoms with E-state index in [9.17, 15) is 0 Å². The van der Waals surface area contributed by atoms with Gasteiger partial charge >= 0.3 is 0 Å². The molecule has 0 unspecified atom stereocenters. The Morgan fingerprint density at radius 1 is 0.315 bits per heavy atom. The average Bonchev–Trinajstić information content (AvgIpc) is 3.46. The van der Waals surface area contributed by atoms with Gasteiger partial charge in [0.2, 0.25) is 0 Å². The first-order chi connectivity index (χ1) is 26.5. The lowest BCUT2D eigenvalue weighted by Crippen LogP contribution is -2.17. The zero-order chi connectivity index (χ0) is 36.2. The van der Waals surface area contributed by atoms with Gasteiger partial charge in [0.25, 0.3) is 0 Å². The SMILES string of the molecule is CC1(C)c2cc(-c3ccc4ccccc4c3)ccc2-c2ccc(N(c3ccc(-c4ccc5ccccc5c4)cc3)c3ccccc3-c3ccccc3)cc21. The summed E-state index contributed by atoms with van der Waals surface area (Å²) in [5.74, 6) is 0. The number of fused-ring (bicyclic) bond motifs is 5. The molecule has 0 radical (unpaired) electrons. The largest absolute Gasteiger partial charge is 0.310 e. The predicted octanol–water partition coefficient (Wildman–Crippen LogP) is 14.8. The van der Waals surface area contributed by atoms with Gasteiger partial charge in [0.05, 0.1) is 5.69 Å². The third kappa shape index (κ3) is 5.40. The van der Waals surface area contributed by atoms with Crippen LogP contribution in [0.2, 0.25) is 0 Å². The van der Waals surface area contributed by atoms with Gasteiger partial charge in [-0.3, -0.25) is 0 Å². The molecule has 10 rings (SSSR count). The topological polar surface area (TPSA) is 3.24 Å². The number of rotatable bonds is 6. The molecule has 0 N–H and O–H groups in total. The van der Waals surface area contributed by atoms with E-state index < -0.39 is 0 Å². The normalized spacial score (nSPS) is 12.8. The lowest BCUT2D eigenvalue weighted by atomic mass is 9.81. The van der Waals surface area contributed by atoms with E-state index in [1.54, 1.807) is 0 Å². The lowest BCUT2D eigenvalue weighted by molar-refractivity contribution is 0.660. The van der Waals surface area contributed by atoms with Gasteiger partial charge in [-0.15, -0.1) is 0 Å². The maximum atomic E-state index is 2.44. The minimum Gasteiger partial charge on any atom is -0.310 e. The van der Waals surface area contributed by atoms with Gasteiger partial charge in [-0.1, -0.05) is 166 Å². The van der Waals surface area contributed by atoms with Gasteiger partial charge in [0.15, 0.2) is 0 Å². The minimum atomic E-state index is -0.182. The van der Waals surface area contributed by atoms with Gasteiger partial charge in [0.1, 0.15) is 0 Å². The van der Waals surface area contributed by atoms with Crippen molar-refractivity contribution in [3.05, 3.63) is 211 Å². The molecule has 0 saturated heterocycles. The molecule has 0 aliphatic heterocycles. The fourth-order valence-electron chi connectivity index (χ4n) is 8.54. The Hall–Kier alpha value is -6.70. The van der Waals surface area contributed by atoms with Crippen molar-refractivity contribution in [2.45, 2.75) is 19.3 Å². The average molecular weight is 690 g/mol. The second kappa shape index (κ2) is 12.8. The van der Waals surface area contributed by atoms with Gasteiger partial charge < -0.3 is 4.90 Å². The Bertz CT molecular complexity index is 2850. The number of nitrogens with zero attached hydrogens (tertiary/aromatic N) is 1. The zero-order valence-electron chi connectivity index (χ0n) is 30.5. The number of anilines is 3. The molecule has 1 nitrogen and oxygen atoms in total. The van der Waals surface area contributed by atoms with E-state index in [2.05, 4.69) is 219 Å². The molecule has 1 aliphatic rings. The van der Waals surface area contributed by atoms with Crippen LogP contribution in [0, 0.1) is 0 Å². The molecule has 1 heteroatoms. The first-order valence-corrected chi connectivity index (χ1v) is 18.8. The van der Waals surface area contributed by atoms with Crippen LogP contribution in [0.1, 0.15) is 25.0 Å². The summed E-state index contributed by atoms with van der Waals surface area (Å²) in [6.45, 7) is 4.76. The van der Waals surface area contributed by atoms with Crippen molar-refractivity contribution in [2.75, 3.05) is 4.90 Å². The molecule has 9 aromatic rings. The summed E-state index contributed by atoms with van der Waals surface area (Å²) >= 11 is 0. The van der Waals surface area contributed by atoms with Crippen LogP contribution in [0.15, 0.2) is 200 Å². The van der Waals surface area contributed by atoms with Crippen molar-refractivity contribution < 1.29 is 0 Å². The van der Waals surface area contributed by atoms with E-state index in [0.717, 1.165) is 17.1 Å². The van der Waals surface area contributed by atoms with Gasteiger partial charge in [-0.25, -0.2) is 0 Å². The van der Waals surface area contributed by atoms with E-state index in [-0.39, 0.29) is 5.41 Å². The maximum Gasteiger partial charge on any atom is 0.0540 e. The Labute approximate surface area is 317 Å². The Kier molecular flexibility index (Phi) is 7.56. The van der Waals surface area contributed by atoms with Crippen LogP contribution in [0.5, 0.6) is 0 Å². The maximum absolute atomic E-state index is 2.44. The molecule has 0 amide bonds. The van der Waals surface area contributed by atoms with Gasteiger partial charge in [-0.2, -0.15) is 0 Å². The summed E-state index contributed by atoms with van der Waals surface area (Å²) in [5, 5.41) is 5.05. The van der Waals surface area contributed by atoms with Crippen LogP contribution >= 0.6 is 0 Å². The monoisotopic (exact) mass is 689 g/mol. The van der Waals surface area contributed by atoms with Crippen LogP contribution in [-0.2, 0) is 5.41 Å². The fraction of sp³-hybridized carbons (Fsp3) is 0.0566. The first kappa shape index (κ1) is 32.0. The zero-order valence-corrected chi connectivity index (χ0v) is 30.5. The fourth-order valence-corrected chi connectivity index (χ4v) is 8.54. The van der Waals surface area contributed by atoms with Crippen molar-refractivity contribution in [2.24, 2.45) is 0 Å². The molecule has 9 aromatic carbocycles. The van der Waals surface area contributed by atoms with Crippen molar-refractivity contribution in [3.63, 3.8) is 0 Å². The summed E-state index contributed by atoms with van der Waals surface area (Å²) < 4.78 is 0. The van der Waals surface area contributed by atoms with Crippen molar-refractivity contribution >= 4 is 38.6 Å². The number of para-hydroxylation sites is 1. The van der Waals surface area contributed by atoms with Crippen LogP contribution in [0.3, 0.4) is 0 Å². The molecule has 0 bridgehead atoms. The smallest absolute Gasteiger partial charge is 0.0540 e. The Morgan fingerprint density at radius 3 is 1.48 bits per heavy atom. The second-order valence-corrected chi connectivity index (χ2v) is 15.0. The van der Waals surface area contributed by atoms with Crippen LogP contribution in [0.25, 0.3) is 66.1 Å². The molecule has 0 spiro atoms. The van der Waals surface area contributed by atoms with E-state index in [1.165, 1.54) is 77.2 Å². The lowest BCUT2D eigenvalue weighted by Gasteiger charge is -2.30. The van der Waals surface area contributed by atoms with Gasteiger partial charge in [0, 0.05) is 22.4 Å². The quantitative estimate of drug-likeness (QED) is 0.168. The Morgan fingerprint density at radius 2 is 0.796 bits per heavy atom. The highest BCUT2D eigenvalue weighted by Gasteiger charge is 2.36. The number of benzene rings is 9. The summed E-state index contributed by atoms with van der Waals surface area (Å²) in [4.78, 5) is 2.44. The molecule has 0 atom stereocenters. The number of hydrogen-bond donors (Lipinski definition) is 0. The second-order valence-electron chi connectivity index (χ2n) is 15.0. The molecule has 0 fully saturated rings. The minimum absolute atomic E-state index is 0.182. The van der Waals surface area contributed by atoms with Crippen LogP contribution < -0.4 is 4.90 Å². The molecule has 0 saturated carbocycles. The third-order valence-electron chi connectivity index (χ3n) is 11.4. The van der Waals surface area contributed by atoms with Crippen molar-refractivity contribution in [1.29, 1.82) is 0 Å². The van der Waals surface area contributed by atoms with E-state index in [0.29, 0.717) is 0 Å². The molecule has 1 aliphatic carbocycles. The summed E-state index contributed by atoms with van der Waals surface area (Å²) in [6.07, 6.45) is 0. The molecule has 0 aromatic heterocycles. The third-order valence-corrected chi connectivity index (χ3v) is 11.4. The molecule has 54 heavy (non-hydrogen) atoms. The van der Waals surface area contributed by atoms with Crippen molar-refractivity contribution in [3.8, 4) is 44.5 Å². The number of hydrogen-bond acceptors (Lipinski definition) is 1. The summed E-state index contributed by atoms with van der Waals surface area (Å²) in [6, 6.07) is 73.4. The highest BCUT2D eigenvalue weighted by atomic mass is 15.1. The molecular formula is C53H39N. The molecular weight excluding hydrogens is 651 g/mol.